The third kappa shape index (κ3) is 5.61. The molecule has 2 amide bonds. The Hall–Kier alpha value is -1.66. The number of halogens is 1. The molecule has 2 rings (SSSR count). The van der Waals surface area contributed by atoms with E-state index in [2.05, 4.69) is 16.0 Å². The van der Waals surface area contributed by atoms with Gasteiger partial charge in [-0.1, -0.05) is 0 Å². The molecule has 0 aliphatic heterocycles. The summed E-state index contributed by atoms with van der Waals surface area (Å²) in [5, 5.41) is 18.6. The minimum atomic E-state index is -0.603. The third-order valence-corrected chi connectivity index (χ3v) is 4.29. The number of hydrogen-bond acceptors (Lipinski definition) is 4. The number of phenols is 1. The van der Waals surface area contributed by atoms with Crippen molar-refractivity contribution < 1.29 is 9.90 Å². The second kappa shape index (κ2) is 8.10. The second-order valence-corrected chi connectivity index (χ2v) is 6.28. The van der Waals surface area contributed by atoms with Crippen LogP contribution in [0.3, 0.4) is 0 Å². The summed E-state index contributed by atoms with van der Waals surface area (Å²) in [6, 6.07) is 6.00. The predicted octanol–water partition coefficient (Wildman–Crippen LogP) is 2.14. The van der Waals surface area contributed by atoms with Gasteiger partial charge >= 0.3 is 6.03 Å². The molecule has 1 atom stereocenters. The van der Waals surface area contributed by atoms with Gasteiger partial charge in [-0.3, -0.25) is 5.32 Å². The van der Waals surface area contributed by atoms with Crippen molar-refractivity contribution in [1.29, 1.82) is 0 Å². The van der Waals surface area contributed by atoms with Crippen LogP contribution in [0.5, 0.6) is 5.75 Å². The molecule has 6 N–H and O–H groups in total. The molecule has 0 bridgehead atoms. The molecule has 0 heterocycles. The van der Waals surface area contributed by atoms with Gasteiger partial charge in [0.1, 0.15) is 5.75 Å². The van der Waals surface area contributed by atoms with Crippen molar-refractivity contribution in [2.24, 2.45) is 11.7 Å². The van der Waals surface area contributed by atoms with E-state index in [4.69, 9.17) is 17.3 Å². The third-order valence-electron chi connectivity index (χ3n) is 3.85. The molecule has 0 radical (unpaired) electrons. The Morgan fingerprint density at radius 3 is 2.50 bits per heavy atom. The lowest BCUT2D eigenvalue weighted by atomic mass is 9.89. The highest BCUT2D eigenvalue weighted by Gasteiger charge is 2.20. The molecule has 1 fully saturated rings. The van der Waals surface area contributed by atoms with Crippen LogP contribution in [0, 0.1) is 5.92 Å². The standard InChI is InChI=1S/C15H23ClN4O2/c16-11-3-1-10(2-4-11)9-18-15(20-14(17)22)19-12-5-7-13(21)8-6-12/h5-8,10-11,15,18-19,21H,1-4,9H2,(H3,17,20,22). The number of rotatable bonds is 6. The first-order valence-electron chi connectivity index (χ1n) is 7.52. The number of anilines is 1. The van der Waals surface area contributed by atoms with E-state index in [-0.39, 0.29) is 5.75 Å². The molecule has 1 aromatic rings. The van der Waals surface area contributed by atoms with Crippen LogP contribution in [0.1, 0.15) is 25.7 Å². The van der Waals surface area contributed by atoms with Crippen LogP contribution in [0.4, 0.5) is 10.5 Å². The number of amides is 2. The number of phenolic OH excluding ortho intramolecular Hbond substituents is 1. The zero-order valence-electron chi connectivity index (χ0n) is 12.4. The summed E-state index contributed by atoms with van der Waals surface area (Å²) >= 11 is 6.11. The molecule has 1 unspecified atom stereocenters. The molecule has 1 saturated carbocycles. The van der Waals surface area contributed by atoms with Crippen LogP contribution >= 0.6 is 11.6 Å². The molecule has 1 aliphatic carbocycles. The summed E-state index contributed by atoms with van der Waals surface area (Å²) in [6.07, 6.45) is 3.78. The van der Waals surface area contributed by atoms with Gasteiger partial charge in [-0.25, -0.2) is 4.79 Å². The monoisotopic (exact) mass is 326 g/mol. The Morgan fingerprint density at radius 1 is 1.27 bits per heavy atom. The molecule has 0 aromatic heterocycles. The first kappa shape index (κ1) is 16.7. The number of carbonyl (C=O) groups excluding carboxylic acids is 1. The van der Waals surface area contributed by atoms with E-state index in [0.29, 0.717) is 11.3 Å². The average Bonchev–Trinajstić information content (AvgIpc) is 2.48. The van der Waals surface area contributed by atoms with Crippen molar-refractivity contribution >= 4 is 23.3 Å². The van der Waals surface area contributed by atoms with E-state index in [1.807, 2.05) is 0 Å². The molecule has 7 heteroatoms. The highest BCUT2D eigenvalue weighted by Crippen LogP contribution is 2.27. The van der Waals surface area contributed by atoms with Crippen LogP contribution in [-0.4, -0.2) is 29.3 Å². The number of nitrogens with two attached hydrogens (primary N) is 1. The van der Waals surface area contributed by atoms with Crippen LogP contribution in [0.15, 0.2) is 24.3 Å². The number of primary amides is 1. The number of carbonyl (C=O) groups is 1. The Bertz CT molecular complexity index is 475. The van der Waals surface area contributed by atoms with Crippen LogP contribution in [0.25, 0.3) is 0 Å². The van der Waals surface area contributed by atoms with Gasteiger partial charge in [0, 0.05) is 17.6 Å². The molecule has 1 aliphatic rings. The molecule has 0 saturated heterocycles. The fraction of sp³-hybridized carbons (Fsp3) is 0.533. The van der Waals surface area contributed by atoms with Crippen LogP contribution < -0.4 is 21.7 Å². The Kier molecular flexibility index (Phi) is 6.15. The highest BCUT2D eigenvalue weighted by atomic mass is 35.5. The zero-order chi connectivity index (χ0) is 15.9. The van der Waals surface area contributed by atoms with Crippen molar-refractivity contribution in [3.8, 4) is 5.75 Å². The number of hydrogen-bond donors (Lipinski definition) is 5. The van der Waals surface area contributed by atoms with Crippen molar-refractivity contribution in [3.05, 3.63) is 24.3 Å². The summed E-state index contributed by atoms with van der Waals surface area (Å²) in [6.45, 7) is 0.777. The summed E-state index contributed by atoms with van der Waals surface area (Å²) < 4.78 is 0. The van der Waals surface area contributed by atoms with E-state index in [1.54, 1.807) is 24.3 Å². The minimum absolute atomic E-state index is 0.191. The number of urea groups is 1. The maximum atomic E-state index is 11.1. The molecule has 22 heavy (non-hydrogen) atoms. The van der Waals surface area contributed by atoms with Gasteiger partial charge in [0.2, 0.25) is 0 Å². The SMILES string of the molecule is NC(=O)NC(NCC1CCC(Cl)CC1)Nc1ccc(O)cc1. The van der Waals surface area contributed by atoms with Crippen molar-refractivity contribution in [3.63, 3.8) is 0 Å². The molecule has 1 aromatic carbocycles. The Labute approximate surface area is 135 Å². The van der Waals surface area contributed by atoms with E-state index < -0.39 is 12.3 Å². The van der Waals surface area contributed by atoms with Crippen LogP contribution in [-0.2, 0) is 0 Å². The van der Waals surface area contributed by atoms with Crippen molar-refractivity contribution in [2.75, 3.05) is 11.9 Å². The van der Waals surface area contributed by atoms with E-state index in [9.17, 15) is 9.90 Å². The summed E-state index contributed by atoms with van der Waals surface area (Å²) in [5.41, 5.74) is 5.98. The zero-order valence-corrected chi connectivity index (χ0v) is 13.1. The van der Waals surface area contributed by atoms with Crippen LogP contribution in [0.2, 0.25) is 0 Å². The van der Waals surface area contributed by atoms with Crippen molar-refractivity contribution in [1.82, 2.24) is 10.6 Å². The number of benzene rings is 1. The first-order chi connectivity index (χ1) is 10.5. The lowest BCUT2D eigenvalue weighted by Gasteiger charge is -2.28. The van der Waals surface area contributed by atoms with Gasteiger partial charge in [-0.15, -0.1) is 11.6 Å². The second-order valence-electron chi connectivity index (χ2n) is 5.66. The predicted molar refractivity (Wildman–Crippen MR) is 87.8 cm³/mol. The molecular weight excluding hydrogens is 304 g/mol. The minimum Gasteiger partial charge on any atom is -0.508 e. The number of nitrogens with one attached hydrogen (secondary N) is 3. The Morgan fingerprint density at radius 2 is 1.91 bits per heavy atom. The van der Waals surface area contributed by atoms with Gasteiger partial charge in [-0.05, 0) is 55.9 Å². The maximum Gasteiger partial charge on any atom is 0.314 e. The van der Waals surface area contributed by atoms with Gasteiger partial charge in [-0.2, -0.15) is 0 Å². The largest absolute Gasteiger partial charge is 0.508 e. The summed E-state index contributed by atoms with van der Waals surface area (Å²) in [4.78, 5) is 11.1. The average molecular weight is 327 g/mol. The van der Waals surface area contributed by atoms with Gasteiger partial charge in [0.05, 0.1) is 0 Å². The van der Waals surface area contributed by atoms with E-state index in [0.717, 1.165) is 37.9 Å². The smallest absolute Gasteiger partial charge is 0.314 e. The number of aromatic hydroxyl groups is 1. The summed E-state index contributed by atoms with van der Waals surface area (Å²) in [7, 11) is 0. The van der Waals surface area contributed by atoms with Gasteiger partial charge < -0.3 is 21.5 Å². The fourth-order valence-electron chi connectivity index (χ4n) is 2.62. The lowest BCUT2D eigenvalue weighted by Crippen LogP contribution is -2.53. The normalized spacial score (nSPS) is 22.8. The fourth-order valence-corrected chi connectivity index (χ4v) is 2.87. The maximum absolute atomic E-state index is 11.1. The summed E-state index contributed by atoms with van der Waals surface area (Å²) in [5.74, 6) is 0.740. The van der Waals surface area contributed by atoms with Gasteiger partial charge in [0.15, 0.2) is 6.29 Å². The molecule has 0 spiro atoms. The van der Waals surface area contributed by atoms with E-state index in [1.165, 1.54) is 0 Å². The first-order valence-corrected chi connectivity index (χ1v) is 7.95. The molecule has 6 nitrogen and oxygen atoms in total. The molecule has 122 valence electrons. The van der Waals surface area contributed by atoms with Crippen molar-refractivity contribution in [2.45, 2.75) is 37.4 Å². The van der Waals surface area contributed by atoms with Gasteiger partial charge in [0.25, 0.3) is 0 Å². The topological polar surface area (TPSA) is 99.4 Å². The van der Waals surface area contributed by atoms with E-state index >= 15 is 0 Å². The lowest BCUT2D eigenvalue weighted by molar-refractivity contribution is 0.242. The highest BCUT2D eigenvalue weighted by molar-refractivity contribution is 6.20. The number of alkyl halides is 1. The Balaban J connectivity index is 1.85. The quantitative estimate of drug-likeness (QED) is 0.314. The molecular formula is C15H23ClN4O2.